The highest BCUT2D eigenvalue weighted by molar-refractivity contribution is 5.93. The Morgan fingerprint density at radius 3 is 2.53 bits per heavy atom. The van der Waals surface area contributed by atoms with Crippen LogP contribution in [0.25, 0.3) is 0 Å². The lowest BCUT2D eigenvalue weighted by Crippen LogP contribution is -2.10. The molecule has 0 fully saturated rings. The molecule has 0 aromatic heterocycles. The number of hydrogen-bond acceptors (Lipinski definition) is 2. The van der Waals surface area contributed by atoms with Gasteiger partial charge in [0.05, 0.1) is 6.04 Å². The third-order valence-corrected chi connectivity index (χ3v) is 2.49. The van der Waals surface area contributed by atoms with E-state index in [0.717, 1.165) is 5.57 Å². The average molecular weight is 201 g/mol. The maximum absolute atomic E-state index is 5.77. The summed E-state index contributed by atoms with van der Waals surface area (Å²) < 4.78 is 5.77. The van der Waals surface area contributed by atoms with Gasteiger partial charge in [-0.2, -0.15) is 0 Å². The molecular weight excluding hydrogens is 186 g/mol. The number of nitrogens with zero attached hydrogens (tertiary/aromatic N) is 1. The fourth-order valence-corrected chi connectivity index (χ4v) is 1.70. The van der Waals surface area contributed by atoms with Gasteiger partial charge in [-0.15, -0.1) is 0 Å². The predicted molar refractivity (Wildman–Crippen MR) is 62.0 cm³/mol. The molecule has 0 amide bonds. The summed E-state index contributed by atoms with van der Waals surface area (Å²) in [5.41, 5.74) is 2.06. The van der Waals surface area contributed by atoms with Crippen LogP contribution in [-0.2, 0) is 4.74 Å². The summed E-state index contributed by atoms with van der Waals surface area (Å²) in [6.07, 6.45) is 0.0397. The second kappa shape index (κ2) is 3.89. The van der Waals surface area contributed by atoms with Gasteiger partial charge >= 0.3 is 0 Å². The van der Waals surface area contributed by atoms with Crippen LogP contribution in [0.2, 0.25) is 0 Å². The van der Waals surface area contributed by atoms with E-state index in [-0.39, 0.29) is 12.1 Å². The molecule has 2 rings (SSSR count). The minimum atomic E-state index is 0.0397. The summed E-state index contributed by atoms with van der Waals surface area (Å²) in [4.78, 5) is 4.44. The molecule has 0 spiro atoms. The van der Waals surface area contributed by atoms with Crippen molar-refractivity contribution in [1.82, 2.24) is 0 Å². The molecule has 78 valence electrons. The highest BCUT2D eigenvalue weighted by atomic mass is 16.5. The quantitative estimate of drug-likeness (QED) is 0.720. The first kappa shape index (κ1) is 9.97. The van der Waals surface area contributed by atoms with Crippen LogP contribution in [-0.4, -0.2) is 11.9 Å². The van der Waals surface area contributed by atoms with E-state index in [2.05, 4.69) is 30.6 Å². The van der Waals surface area contributed by atoms with E-state index in [1.807, 2.05) is 25.1 Å². The van der Waals surface area contributed by atoms with Gasteiger partial charge in [0.2, 0.25) is 5.90 Å². The van der Waals surface area contributed by atoms with Crippen molar-refractivity contribution in [2.75, 3.05) is 0 Å². The van der Waals surface area contributed by atoms with Crippen LogP contribution in [0.1, 0.15) is 25.5 Å². The Morgan fingerprint density at radius 1 is 1.33 bits per heavy atom. The molecule has 1 aliphatic rings. The Bertz CT molecular complexity index is 394. The average Bonchev–Trinajstić information content (AvgIpc) is 2.62. The van der Waals surface area contributed by atoms with Crippen molar-refractivity contribution in [2.45, 2.75) is 26.0 Å². The van der Waals surface area contributed by atoms with E-state index < -0.39 is 0 Å². The first-order valence-corrected chi connectivity index (χ1v) is 5.14. The fourth-order valence-electron chi connectivity index (χ4n) is 1.70. The van der Waals surface area contributed by atoms with Crippen molar-refractivity contribution < 1.29 is 4.74 Å². The summed E-state index contributed by atoms with van der Waals surface area (Å²) in [5, 5.41) is 0. The van der Waals surface area contributed by atoms with Crippen molar-refractivity contribution in [2.24, 2.45) is 4.99 Å². The maximum Gasteiger partial charge on any atom is 0.212 e. The molecule has 1 aromatic carbocycles. The first-order valence-electron chi connectivity index (χ1n) is 5.14. The lowest BCUT2D eigenvalue weighted by atomic mass is 10.0. The van der Waals surface area contributed by atoms with Gasteiger partial charge in [-0.05, 0) is 19.4 Å². The van der Waals surface area contributed by atoms with Gasteiger partial charge in [0.1, 0.15) is 6.10 Å². The minimum Gasteiger partial charge on any atom is -0.467 e. The summed E-state index contributed by atoms with van der Waals surface area (Å²) in [6.45, 7) is 7.82. The fraction of sp³-hybridized carbons (Fsp3) is 0.308. The number of hydrogen-bond donors (Lipinski definition) is 0. The lowest BCUT2D eigenvalue weighted by molar-refractivity contribution is 0.202. The number of aliphatic imine (C=N–C) groups is 1. The second-order valence-corrected chi connectivity index (χ2v) is 3.90. The molecule has 1 heterocycles. The van der Waals surface area contributed by atoms with E-state index in [0.29, 0.717) is 5.90 Å². The number of ether oxygens (including phenoxy) is 1. The molecule has 1 aromatic rings. The summed E-state index contributed by atoms with van der Waals surface area (Å²) in [7, 11) is 0. The monoisotopic (exact) mass is 201 g/mol. The highest BCUT2D eigenvalue weighted by Gasteiger charge is 2.28. The smallest absolute Gasteiger partial charge is 0.212 e. The third-order valence-electron chi connectivity index (χ3n) is 2.49. The van der Waals surface area contributed by atoms with E-state index in [9.17, 15) is 0 Å². The Balaban J connectivity index is 2.20. The topological polar surface area (TPSA) is 21.6 Å². The molecule has 0 bridgehead atoms. The molecule has 2 atom stereocenters. The van der Waals surface area contributed by atoms with Crippen LogP contribution in [0.5, 0.6) is 0 Å². The maximum atomic E-state index is 5.77. The Hall–Kier alpha value is -1.57. The number of benzene rings is 1. The number of rotatable bonds is 2. The second-order valence-electron chi connectivity index (χ2n) is 3.90. The SMILES string of the molecule is C=C(C)C1=NC(C)C(c2ccccc2)O1. The van der Waals surface area contributed by atoms with E-state index in [1.54, 1.807) is 0 Å². The molecule has 0 radical (unpaired) electrons. The lowest BCUT2D eigenvalue weighted by Gasteiger charge is -2.14. The zero-order valence-corrected chi connectivity index (χ0v) is 9.10. The molecule has 2 nitrogen and oxygen atoms in total. The molecular formula is C13H15NO. The standard InChI is InChI=1S/C13H15NO/c1-9(2)13-14-10(3)12(15-13)11-7-5-4-6-8-11/h4-8,10,12H,1H2,2-3H3. The van der Waals surface area contributed by atoms with Gasteiger partial charge in [-0.1, -0.05) is 36.9 Å². The summed E-state index contributed by atoms with van der Waals surface area (Å²) >= 11 is 0. The highest BCUT2D eigenvalue weighted by Crippen LogP contribution is 2.30. The molecule has 0 aliphatic carbocycles. The predicted octanol–water partition coefficient (Wildman–Crippen LogP) is 3.12. The van der Waals surface area contributed by atoms with Crippen LogP contribution < -0.4 is 0 Å². The van der Waals surface area contributed by atoms with Crippen molar-refractivity contribution in [3.05, 3.63) is 48.0 Å². The van der Waals surface area contributed by atoms with Crippen LogP contribution >= 0.6 is 0 Å². The third kappa shape index (κ3) is 1.94. The van der Waals surface area contributed by atoms with Crippen molar-refractivity contribution in [3.8, 4) is 0 Å². The zero-order valence-electron chi connectivity index (χ0n) is 9.10. The van der Waals surface area contributed by atoms with Crippen molar-refractivity contribution in [3.63, 3.8) is 0 Å². The molecule has 2 heteroatoms. The van der Waals surface area contributed by atoms with Crippen LogP contribution in [0, 0.1) is 0 Å². The minimum absolute atomic E-state index is 0.0397. The Morgan fingerprint density at radius 2 is 2.00 bits per heavy atom. The van der Waals surface area contributed by atoms with Crippen LogP contribution in [0.4, 0.5) is 0 Å². The van der Waals surface area contributed by atoms with E-state index in [4.69, 9.17) is 4.74 Å². The van der Waals surface area contributed by atoms with E-state index in [1.165, 1.54) is 5.56 Å². The van der Waals surface area contributed by atoms with Gasteiger partial charge in [0, 0.05) is 5.57 Å². The van der Waals surface area contributed by atoms with Crippen LogP contribution in [0.15, 0.2) is 47.5 Å². The van der Waals surface area contributed by atoms with Crippen molar-refractivity contribution >= 4 is 5.90 Å². The summed E-state index contributed by atoms with van der Waals surface area (Å²) in [6, 6.07) is 10.3. The van der Waals surface area contributed by atoms with Gasteiger partial charge < -0.3 is 4.74 Å². The largest absolute Gasteiger partial charge is 0.467 e. The summed E-state index contributed by atoms with van der Waals surface area (Å²) in [5.74, 6) is 0.691. The molecule has 0 saturated heterocycles. The molecule has 0 saturated carbocycles. The molecule has 1 aliphatic heterocycles. The van der Waals surface area contributed by atoms with Gasteiger partial charge in [0.25, 0.3) is 0 Å². The first-order chi connectivity index (χ1) is 7.18. The van der Waals surface area contributed by atoms with Gasteiger partial charge in [-0.25, -0.2) is 4.99 Å². The molecule has 15 heavy (non-hydrogen) atoms. The van der Waals surface area contributed by atoms with Gasteiger partial charge in [0.15, 0.2) is 0 Å². The normalized spacial score (nSPS) is 24.5. The molecule has 2 unspecified atom stereocenters. The Labute approximate surface area is 90.3 Å². The van der Waals surface area contributed by atoms with Gasteiger partial charge in [-0.3, -0.25) is 0 Å². The zero-order chi connectivity index (χ0) is 10.8. The van der Waals surface area contributed by atoms with Crippen LogP contribution in [0.3, 0.4) is 0 Å². The van der Waals surface area contributed by atoms with Crippen molar-refractivity contribution in [1.29, 1.82) is 0 Å². The Kier molecular flexibility index (Phi) is 2.58. The van der Waals surface area contributed by atoms with E-state index >= 15 is 0 Å². The molecule has 0 N–H and O–H groups in total.